The summed E-state index contributed by atoms with van der Waals surface area (Å²) < 4.78 is 27.6. The Morgan fingerprint density at radius 2 is 0.580 bits per heavy atom. The Kier molecular flexibility index (Phi) is 11.3. The monoisotopic (exact) mass is 1050 g/mol. The summed E-state index contributed by atoms with van der Waals surface area (Å²) in [7, 11) is 0. The van der Waals surface area contributed by atoms with E-state index >= 15 is 0 Å². The Bertz CT molecular complexity index is 4240. The summed E-state index contributed by atoms with van der Waals surface area (Å²) >= 11 is 0. The Hall–Kier alpha value is -9.85. The normalized spacial score (nSPS) is 12.7. The van der Waals surface area contributed by atoms with Crippen molar-refractivity contribution in [2.75, 3.05) is 14.7 Å². The van der Waals surface area contributed by atoms with Crippen molar-refractivity contribution in [3.63, 3.8) is 0 Å². The predicted molar refractivity (Wildman–Crippen MR) is 334 cm³/mol. The molecule has 0 aromatic heterocycles. The fourth-order valence-corrected chi connectivity index (χ4v) is 13.1. The highest BCUT2D eigenvalue weighted by atomic mass is 16.5. The molecule has 15 rings (SSSR count). The van der Waals surface area contributed by atoms with Gasteiger partial charge in [-0.15, -0.1) is 0 Å². The van der Waals surface area contributed by atoms with Crippen LogP contribution in [0, 0.1) is 41.5 Å². The number of rotatable bonds is 9. The van der Waals surface area contributed by atoms with Crippen LogP contribution in [-0.4, -0.2) is 13.4 Å². The van der Waals surface area contributed by atoms with Crippen molar-refractivity contribution >= 4 is 97.4 Å². The second-order valence-electron chi connectivity index (χ2n) is 22.1. The largest absolute Gasteiger partial charge is 0.458 e. The number of aryl methyl sites for hydroxylation is 6. The number of fused-ring (bicyclic) bond motifs is 8. The van der Waals surface area contributed by atoms with E-state index in [1.807, 2.05) is 18.2 Å². The Labute approximate surface area is 474 Å². The molecule has 11 aromatic rings. The van der Waals surface area contributed by atoms with Gasteiger partial charge in [-0.25, -0.2) is 0 Å². The summed E-state index contributed by atoms with van der Waals surface area (Å²) in [5.41, 5.74) is 22.3. The molecular formula is C72H55B2N3O4. The van der Waals surface area contributed by atoms with E-state index in [1.54, 1.807) is 0 Å². The van der Waals surface area contributed by atoms with Crippen molar-refractivity contribution in [1.82, 2.24) is 0 Å². The number of para-hydroxylation sites is 5. The van der Waals surface area contributed by atoms with E-state index < -0.39 is 0 Å². The highest BCUT2D eigenvalue weighted by Gasteiger charge is 2.42. The molecule has 4 heterocycles. The summed E-state index contributed by atoms with van der Waals surface area (Å²) in [4.78, 5) is 7.20. The van der Waals surface area contributed by atoms with Gasteiger partial charge in [-0.3, -0.25) is 0 Å². The highest BCUT2D eigenvalue weighted by molar-refractivity contribution is 6.99. The maximum atomic E-state index is 7.02. The first-order valence-corrected chi connectivity index (χ1v) is 27.8. The van der Waals surface area contributed by atoms with Gasteiger partial charge in [-0.1, -0.05) is 115 Å². The highest BCUT2D eigenvalue weighted by Crippen LogP contribution is 2.50. The fraction of sp³-hybridized carbons (Fsp3) is 0.0833. The molecule has 0 unspecified atom stereocenters. The van der Waals surface area contributed by atoms with Crippen LogP contribution in [0.15, 0.2) is 224 Å². The third kappa shape index (κ3) is 8.13. The molecule has 0 spiro atoms. The molecule has 9 heteroatoms. The van der Waals surface area contributed by atoms with Crippen LogP contribution in [0.3, 0.4) is 0 Å². The minimum Gasteiger partial charge on any atom is -0.458 e. The second-order valence-corrected chi connectivity index (χ2v) is 22.1. The van der Waals surface area contributed by atoms with Crippen molar-refractivity contribution in [1.29, 1.82) is 0 Å². The molecule has 4 aliphatic rings. The Morgan fingerprint density at radius 3 is 1.06 bits per heavy atom. The number of ether oxygens (including phenoxy) is 4. The van der Waals surface area contributed by atoms with Crippen molar-refractivity contribution in [2.24, 2.45) is 0 Å². The Morgan fingerprint density at radius 1 is 0.247 bits per heavy atom. The summed E-state index contributed by atoms with van der Waals surface area (Å²) in [6, 6.07) is 80.5. The van der Waals surface area contributed by atoms with Gasteiger partial charge in [0, 0.05) is 57.6 Å². The number of anilines is 9. The number of hydrogen-bond acceptors (Lipinski definition) is 7. The van der Waals surface area contributed by atoms with E-state index in [0.29, 0.717) is 0 Å². The van der Waals surface area contributed by atoms with E-state index in [9.17, 15) is 0 Å². The average molecular weight is 1050 g/mol. The van der Waals surface area contributed by atoms with Gasteiger partial charge in [0.2, 0.25) is 0 Å². The first-order chi connectivity index (χ1) is 39.6. The summed E-state index contributed by atoms with van der Waals surface area (Å²) in [5.74, 6) is 6.48. The van der Waals surface area contributed by atoms with Crippen LogP contribution in [-0.2, 0) is 0 Å². The maximum Gasteiger partial charge on any atom is 0.260 e. The molecule has 388 valence electrons. The van der Waals surface area contributed by atoms with Crippen LogP contribution in [0.4, 0.5) is 51.2 Å². The van der Waals surface area contributed by atoms with Gasteiger partial charge in [-0.05, 0) is 188 Å². The zero-order valence-electron chi connectivity index (χ0n) is 46.0. The molecule has 0 bridgehead atoms. The predicted octanol–water partition coefficient (Wildman–Crippen LogP) is 15.4. The van der Waals surface area contributed by atoms with Crippen LogP contribution < -0.4 is 66.4 Å². The summed E-state index contributed by atoms with van der Waals surface area (Å²) in [5, 5.41) is 0. The van der Waals surface area contributed by atoms with Gasteiger partial charge in [0.25, 0.3) is 13.4 Å². The third-order valence-electron chi connectivity index (χ3n) is 16.4. The van der Waals surface area contributed by atoms with Crippen molar-refractivity contribution in [3.8, 4) is 46.0 Å². The van der Waals surface area contributed by atoms with Crippen LogP contribution in [0.5, 0.6) is 46.0 Å². The van der Waals surface area contributed by atoms with Gasteiger partial charge in [0.1, 0.15) is 46.0 Å². The fourth-order valence-electron chi connectivity index (χ4n) is 13.1. The molecule has 0 radical (unpaired) electrons. The van der Waals surface area contributed by atoms with Crippen molar-refractivity contribution in [3.05, 3.63) is 258 Å². The van der Waals surface area contributed by atoms with Gasteiger partial charge in [-0.2, -0.15) is 0 Å². The maximum absolute atomic E-state index is 7.02. The molecule has 0 saturated heterocycles. The molecule has 0 N–H and O–H groups in total. The minimum atomic E-state index is -0.0698. The molecule has 0 fully saturated rings. The zero-order valence-corrected chi connectivity index (χ0v) is 46.0. The smallest absolute Gasteiger partial charge is 0.260 e. The molecule has 0 aliphatic carbocycles. The van der Waals surface area contributed by atoms with Crippen molar-refractivity contribution < 1.29 is 18.9 Å². The lowest BCUT2D eigenvalue weighted by molar-refractivity contribution is 0.464. The molecule has 81 heavy (non-hydrogen) atoms. The van der Waals surface area contributed by atoms with Crippen LogP contribution in [0.25, 0.3) is 0 Å². The van der Waals surface area contributed by atoms with E-state index in [1.165, 1.54) is 22.3 Å². The quantitative estimate of drug-likeness (QED) is 0.134. The molecule has 7 nitrogen and oxygen atoms in total. The average Bonchev–Trinajstić information content (AvgIpc) is 3.51. The van der Waals surface area contributed by atoms with Gasteiger partial charge < -0.3 is 33.6 Å². The molecule has 11 aromatic carbocycles. The number of nitrogens with zero attached hydrogens (tertiary/aromatic N) is 3. The number of hydrogen-bond donors (Lipinski definition) is 0. The van der Waals surface area contributed by atoms with Crippen LogP contribution in [0.2, 0.25) is 0 Å². The van der Waals surface area contributed by atoms with Crippen LogP contribution in [0.1, 0.15) is 33.4 Å². The van der Waals surface area contributed by atoms with Crippen molar-refractivity contribution in [2.45, 2.75) is 41.5 Å². The first kappa shape index (κ1) is 48.3. The van der Waals surface area contributed by atoms with E-state index in [-0.39, 0.29) is 13.4 Å². The van der Waals surface area contributed by atoms with Gasteiger partial charge in [0.05, 0.1) is 22.7 Å². The molecule has 4 aliphatic heterocycles. The summed E-state index contributed by atoms with van der Waals surface area (Å²) in [6.07, 6.45) is 0. The molecule has 0 atom stereocenters. The number of benzene rings is 11. The lowest BCUT2D eigenvalue weighted by atomic mass is 9.35. The van der Waals surface area contributed by atoms with E-state index in [4.69, 9.17) is 18.9 Å². The molecular weight excluding hydrogens is 992 g/mol. The SMILES string of the molecule is Cc1cc(C)cc(N(c2cc(C)cc(C)c2)c2cc(N(c3ccc4c(c3)Oc3cccc5c3B4c3ccccc3O5)c3ccccc3C)cc(N(c3cc4c5c(c3)Oc3ccccc3B5c3ccccc3O4)c3ccccc3C)c2)c1. The standard InChI is InChI=1S/C72H55B2N3O4/c1-44-32-45(2)35-51(34-44)75(52-36-46(3)33-47(4)37-52)53-38-54(76(61-23-12-7-18-48(61)5)50-30-31-60-68(41-50)81-67-29-17-28-66-71(67)74(60)57-20-9-14-25-63(57)78-66)40-55(39-53)77(62-24-13-8-19-49(62)6)56-42-69-72-70(43-56)80-65-27-16-11-22-59(65)73(72)58-21-10-15-26-64(58)79-69/h7-43H,1-6H3. The van der Waals surface area contributed by atoms with E-state index in [2.05, 4.69) is 262 Å². The van der Waals surface area contributed by atoms with Gasteiger partial charge >= 0.3 is 0 Å². The topological polar surface area (TPSA) is 46.6 Å². The zero-order chi connectivity index (χ0) is 54.6. The van der Waals surface area contributed by atoms with Crippen LogP contribution >= 0.6 is 0 Å². The van der Waals surface area contributed by atoms with Gasteiger partial charge in [0.15, 0.2) is 0 Å². The minimum absolute atomic E-state index is 0.0649. The van der Waals surface area contributed by atoms with E-state index in [0.717, 1.165) is 141 Å². The molecule has 0 saturated carbocycles. The molecule has 0 amide bonds. The summed E-state index contributed by atoms with van der Waals surface area (Å²) in [6.45, 7) is 13.0. The lowest BCUT2D eigenvalue weighted by Crippen LogP contribution is -2.57. The first-order valence-electron chi connectivity index (χ1n) is 27.8. The Balaban J connectivity index is 0.998. The third-order valence-corrected chi connectivity index (χ3v) is 16.4. The second kappa shape index (κ2) is 18.9. The lowest BCUT2D eigenvalue weighted by Gasteiger charge is -2.36.